The van der Waals surface area contributed by atoms with Crippen LogP contribution in [0.3, 0.4) is 0 Å². The molecule has 0 aliphatic carbocycles. The first-order valence-electron chi connectivity index (χ1n) is 5.15. The summed E-state index contributed by atoms with van der Waals surface area (Å²) < 4.78 is 10.4. The van der Waals surface area contributed by atoms with Gasteiger partial charge in [0.15, 0.2) is 11.6 Å². The van der Waals surface area contributed by atoms with Crippen LogP contribution >= 0.6 is 11.6 Å². The molecule has 0 aliphatic heterocycles. The number of halogens is 1. The van der Waals surface area contributed by atoms with Crippen molar-refractivity contribution in [3.05, 3.63) is 29.5 Å². The standard InChI is InChI=1S/C12H12ClN3O2/c1-17-9-5-7(3-4-8(9)13)10-11(18-2)12(14)16-6-15-10/h3-6H,1-2H3,(H2,14,15,16). The lowest BCUT2D eigenvalue weighted by Gasteiger charge is -2.10. The van der Waals surface area contributed by atoms with E-state index in [2.05, 4.69) is 9.97 Å². The highest BCUT2D eigenvalue weighted by atomic mass is 35.5. The van der Waals surface area contributed by atoms with Gasteiger partial charge in [0, 0.05) is 5.56 Å². The van der Waals surface area contributed by atoms with Crippen molar-refractivity contribution in [2.75, 3.05) is 20.0 Å². The minimum absolute atomic E-state index is 0.288. The molecule has 0 fully saturated rings. The van der Waals surface area contributed by atoms with Crippen LogP contribution in [0, 0.1) is 0 Å². The van der Waals surface area contributed by atoms with Gasteiger partial charge in [0.2, 0.25) is 0 Å². The van der Waals surface area contributed by atoms with Crippen LogP contribution in [0.5, 0.6) is 11.5 Å². The summed E-state index contributed by atoms with van der Waals surface area (Å²) in [6, 6.07) is 5.31. The molecule has 0 radical (unpaired) electrons. The molecule has 0 saturated heterocycles. The Labute approximate surface area is 110 Å². The van der Waals surface area contributed by atoms with E-state index in [1.165, 1.54) is 13.4 Å². The van der Waals surface area contributed by atoms with Crippen molar-refractivity contribution < 1.29 is 9.47 Å². The number of hydrogen-bond donors (Lipinski definition) is 1. The molecular weight excluding hydrogens is 254 g/mol. The van der Waals surface area contributed by atoms with Crippen LogP contribution in [0.4, 0.5) is 5.82 Å². The molecule has 0 aliphatic rings. The summed E-state index contributed by atoms with van der Waals surface area (Å²) in [6.45, 7) is 0. The lowest BCUT2D eigenvalue weighted by Crippen LogP contribution is -2.00. The van der Waals surface area contributed by atoms with Gasteiger partial charge in [0.1, 0.15) is 17.8 Å². The van der Waals surface area contributed by atoms with Gasteiger partial charge >= 0.3 is 0 Å². The van der Waals surface area contributed by atoms with Gasteiger partial charge in [0.05, 0.1) is 19.2 Å². The molecule has 1 heterocycles. The molecule has 6 heteroatoms. The number of benzene rings is 1. The average molecular weight is 266 g/mol. The molecule has 94 valence electrons. The second kappa shape index (κ2) is 5.10. The van der Waals surface area contributed by atoms with Crippen LogP contribution in [0.15, 0.2) is 24.5 Å². The van der Waals surface area contributed by atoms with Crippen LogP contribution in [0.25, 0.3) is 11.3 Å². The fourth-order valence-corrected chi connectivity index (χ4v) is 1.80. The molecule has 0 saturated carbocycles. The monoisotopic (exact) mass is 265 g/mol. The number of nitrogens with zero attached hydrogens (tertiary/aromatic N) is 2. The molecule has 0 bridgehead atoms. The van der Waals surface area contributed by atoms with E-state index in [1.54, 1.807) is 19.2 Å². The number of rotatable bonds is 3. The van der Waals surface area contributed by atoms with Gasteiger partial charge in [-0.1, -0.05) is 17.7 Å². The Morgan fingerprint density at radius 1 is 1.17 bits per heavy atom. The summed E-state index contributed by atoms with van der Waals surface area (Å²) in [7, 11) is 3.07. The van der Waals surface area contributed by atoms with Crippen LogP contribution in [0.2, 0.25) is 5.02 Å². The van der Waals surface area contributed by atoms with E-state index in [1.807, 2.05) is 6.07 Å². The Kier molecular flexibility index (Phi) is 3.53. The number of anilines is 1. The summed E-state index contributed by atoms with van der Waals surface area (Å²) in [6.07, 6.45) is 1.38. The van der Waals surface area contributed by atoms with E-state index in [9.17, 15) is 0 Å². The van der Waals surface area contributed by atoms with E-state index in [0.717, 1.165) is 5.56 Å². The Hall–Kier alpha value is -2.01. The predicted octanol–water partition coefficient (Wildman–Crippen LogP) is 2.40. The maximum atomic E-state index is 5.98. The van der Waals surface area contributed by atoms with E-state index in [0.29, 0.717) is 22.2 Å². The minimum atomic E-state index is 0.288. The quantitative estimate of drug-likeness (QED) is 0.923. The average Bonchev–Trinajstić information content (AvgIpc) is 2.39. The summed E-state index contributed by atoms with van der Waals surface area (Å²) in [4.78, 5) is 8.05. The molecule has 0 unspecified atom stereocenters. The van der Waals surface area contributed by atoms with Crippen LogP contribution in [-0.2, 0) is 0 Å². The van der Waals surface area contributed by atoms with Crippen molar-refractivity contribution in [3.8, 4) is 22.8 Å². The number of nitrogen functional groups attached to an aromatic ring is 1. The molecule has 0 amide bonds. The first-order chi connectivity index (χ1) is 8.67. The third-order valence-corrected chi connectivity index (χ3v) is 2.77. The van der Waals surface area contributed by atoms with Gasteiger partial charge in [0.25, 0.3) is 0 Å². The zero-order valence-corrected chi connectivity index (χ0v) is 10.7. The Bertz CT molecular complexity index is 575. The summed E-state index contributed by atoms with van der Waals surface area (Å²) in [5.74, 6) is 1.28. The Morgan fingerprint density at radius 2 is 1.94 bits per heavy atom. The van der Waals surface area contributed by atoms with Gasteiger partial charge in [-0.3, -0.25) is 0 Å². The van der Waals surface area contributed by atoms with Gasteiger partial charge in [-0.05, 0) is 12.1 Å². The largest absolute Gasteiger partial charge is 0.495 e. The number of nitrogens with two attached hydrogens (primary N) is 1. The first kappa shape index (κ1) is 12.4. The Morgan fingerprint density at radius 3 is 2.61 bits per heavy atom. The first-order valence-corrected chi connectivity index (χ1v) is 5.53. The highest BCUT2D eigenvalue weighted by molar-refractivity contribution is 6.32. The van der Waals surface area contributed by atoms with E-state index in [4.69, 9.17) is 26.8 Å². The molecule has 2 rings (SSSR count). The summed E-state index contributed by atoms with van der Waals surface area (Å²) in [5.41, 5.74) is 7.13. The van der Waals surface area contributed by atoms with Gasteiger partial charge in [-0.25, -0.2) is 9.97 Å². The highest BCUT2D eigenvalue weighted by Crippen LogP contribution is 2.35. The van der Waals surface area contributed by atoms with E-state index >= 15 is 0 Å². The van der Waals surface area contributed by atoms with Gasteiger partial charge in [-0.15, -0.1) is 0 Å². The van der Waals surface area contributed by atoms with Crippen molar-refractivity contribution in [1.29, 1.82) is 0 Å². The molecule has 1 aromatic carbocycles. The second-order valence-corrected chi connectivity index (χ2v) is 3.90. The zero-order chi connectivity index (χ0) is 13.1. The molecule has 5 nitrogen and oxygen atoms in total. The van der Waals surface area contributed by atoms with E-state index in [-0.39, 0.29) is 5.82 Å². The molecule has 0 spiro atoms. The minimum Gasteiger partial charge on any atom is -0.495 e. The van der Waals surface area contributed by atoms with Crippen molar-refractivity contribution in [2.45, 2.75) is 0 Å². The van der Waals surface area contributed by atoms with Crippen molar-refractivity contribution in [3.63, 3.8) is 0 Å². The number of hydrogen-bond acceptors (Lipinski definition) is 5. The Balaban J connectivity index is 2.58. The lowest BCUT2D eigenvalue weighted by atomic mass is 10.1. The topological polar surface area (TPSA) is 70.3 Å². The fraction of sp³-hybridized carbons (Fsp3) is 0.167. The molecule has 18 heavy (non-hydrogen) atoms. The zero-order valence-electron chi connectivity index (χ0n) is 9.98. The normalized spacial score (nSPS) is 10.2. The maximum Gasteiger partial charge on any atom is 0.187 e. The fourth-order valence-electron chi connectivity index (χ4n) is 1.60. The molecule has 2 N–H and O–H groups in total. The summed E-state index contributed by atoms with van der Waals surface area (Å²) >= 11 is 5.98. The predicted molar refractivity (Wildman–Crippen MR) is 70.0 cm³/mol. The van der Waals surface area contributed by atoms with Gasteiger partial charge in [-0.2, -0.15) is 0 Å². The third kappa shape index (κ3) is 2.17. The highest BCUT2D eigenvalue weighted by Gasteiger charge is 2.13. The molecule has 1 aromatic heterocycles. The molecular formula is C12H12ClN3O2. The van der Waals surface area contributed by atoms with Crippen molar-refractivity contribution in [1.82, 2.24) is 9.97 Å². The van der Waals surface area contributed by atoms with Crippen LogP contribution in [0.1, 0.15) is 0 Å². The lowest BCUT2D eigenvalue weighted by molar-refractivity contribution is 0.413. The number of ether oxygens (including phenoxy) is 2. The molecule has 2 aromatic rings. The van der Waals surface area contributed by atoms with Crippen molar-refractivity contribution >= 4 is 17.4 Å². The number of methoxy groups -OCH3 is 2. The van der Waals surface area contributed by atoms with E-state index < -0.39 is 0 Å². The van der Waals surface area contributed by atoms with Crippen molar-refractivity contribution in [2.24, 2.45) is 0 Å². The summed E-state index contributed by atoms with van der Waals surface area (Å²) in [5, 5.41) is 0.530. The van der Waals surface area contributed by atoms with Crippen LogP contribution < -0.4 is 15.2 Å². The van der Waals surface area contributed by atoms with Crippen LogP contribution in [-0.4, -0.2) is 24.2 Å². The SMILES string of the molecule is COc1cc(-c2ncnc(N)c2OC)ccc1Cl. The number of aromatic nitrogens is 2. The third-order valence-electron chi connectivity index (χ3n) is 2.46. The second-order valence-electron chi connectivity index (χ2n) is 3.49. The maximum absolute atomic E-state index is 5.98. The smallest absolute Gasteiger partial charge is 0.187 e. The van der Waals surface area contributed by atoms with Gasteiger partial charge < -0.3 is 15.2 Å². The molecule has 0 atom stereocenters.